The third-order valence-corrected chi connectivity index (χ3v) is 4.38. The van der Waals surface area contributed by atoms with Crippen LogP contribution >= 0.6 is 0 Å². The van der Waals surface area contributed by atoms with Crippen LogP contribution in [0.4, 0.5) is 0 Å². The average Bonchev–Trinajstić information content (AvgIpc) is 2.62. The molecule has 0 saturated heterocycles. The molecular weight excluding hydrogens is 318 g/mol. The van der Waals surface area contributed by atoms with Crippen molar-refractivity contribution in [2.75, 3.05) is 13.2 Å². The van der Waals surface area contributed by atoms with E-state index in [1.807, 2.05) is 6.08 Å². The number of nitrogens with two attached hydrogens (primary N) is 1. The van der Waals surface area contributed by atoms with Crippen LogP contribution in [0.15, 0.2) is 12.2 Å². The fraction of sp³-hybridized carbons (Fsp3) is 0.900. The zero-order chi connectivity index (χ0) is 18.8. The highest BCUT2D eigenvalue weighted by atomic mass is 16.6. The maximum Gasteiger partial charge on any atom is 0.177 e. The van der Waals surface area contributed by atoms with Crippen LogP contribution in [0.25, 0.3) is 0 Å². The van der Waals surface area contributed by atoms with Gasteiger partial charge in [-0.1, -0.05) is 83.3 Å². The first-order valence-electron chi connectivity index (χ1n) is 10.1. The van der Waals surface area contributed by atoms with Crippen molar-refractivity contribution in [1.29, 1.82) is 0 Å². The molecule has 0 amide bonds. The Morgan fingerprint density at radius 1 is 0.880 bits per heavy atom. The molecule has 0 aromatic carbocycles. The third-order valence-electron chi connectivity index (χ3n) is 4.38. The Morgan fingerprint density at radius 2 is 1.40 bits per heavy atom. The summed E-state index contributed by atoms with van der Waals surface area (Å²) in [5, 5.41) is 27.5. The van der Waals surface area contributed by atoms with Crippen molar-refractivity contribution in [2.24, 2.45) is 5.73 Å². The summed E-state index contributed by atoms with van der Waals surface area (Å²) in [6.07, 6.45) is 17.2. The Labute approximate surface area is 154 Å². The molecule has 5 nitrogen and oxygen atoms in total. The smallest absolute Gasteiger partial charge is 0.177 e. The second-order valence-electron chi connectivity index (χ2n) is 6.88. The van der Waals surface area contributed by atoms with Crippen molar-refractivity contribution in [2.45, 2.75) is 102 Å². The zero-order valence-corrected chi connectivity index (χ0v) is 16.1. The highest BCUT2D eigenvalue weighted by molar-refractivity contribution is 4.93. The molecule has 0 aromatic heterocycles. The molecule has 0 radical (unpaired) electrons. The molecule has 0 rings (SSSR count). The maximum absolute atomic E-state index is 9.84. The minimum Gasteiger partial charge on any atom is -0.391 e. The molecule has 0 unspecified atom stereocenters. The number of ether oxygens (including phenoxy) is 1. The third kappa shape index (κ3) is 16.7. The van der Waals surface area contributed by atoms with E-state index in [-0.39, 0.29) is 6.61 Å². The van der Waals surface area contributed by atoms with Gasteiger partial charge >= 0.3 is 0 Å². The number of hydrogen-bond donors (Lipinski definition) is 4. The van der Waals surface area contributed by atoms with Crippen LogP contribution < -0.4 is 5.73 Å². The van der Waals surface area contributed by atoms with Gasteiger partial charge in [-0.3, -0.25) is 0 Å². The molecule has 150 valence electrons. The first kappa shape index (κ1) is 24.5. The lowest BCUT2D eigenvalue weighted by Gasteiger charge is -2.17. The summed E-state index contributed by atoms with van der Waals surface area (Å²) in [5.41, 5.74) is 5.75. The van der Waals surface area contributed by atoms with E-state index in [9.17, 15) is 5.11 Å². The van der Waals surface area contributed by atoms with Crippen LogP contribution in [-0.2, 0) is 4.74 Å². The molecule has 25 heavy (non-hydrogen) atoms. The monoisotopic (exact) mass is 359 g/mol. The van der Waals surface area contributed by atoms with E-state index >= 15 is 0 Å². The van der Waals surface area contributed by atoms with Crippen LogP contribution in [0.5, 0.6) is 0 Å². The highest BCUT2D eigenvalue weighted by Gasteiger charge is 2.13. The number of aliphatic hydroxyl groups is 3. The minimum atomic E-state index is -1.24. The molecule has 0 spiro atoms. The van der Waals surface area contributed by atoms with Crippen molar-refractivity contribution in [3.63, 3.8) is 0 Å². The molecule has 0 heterocycles. The Balaban J connectivity index is 3.41. The highest BCUT2D eigenvalue weighted by Crippen LogP contribution is 2.12. The number of hydrogen-bond acceptors (Lipinski definition) is 5. The summed E-state index contributed by atoms with van der Waals surface area (Å²) in [6.45, 7) is 1.78. The van der Waals surface area contributed by atoms with Crippen molar-refractivity contribution >= 4 is 0 Å². The van der Waals surface area contributed by atoms with Gasteiger partial charge in [-0.05, 0) is 12.8 Å². The van der Waals surface area contributed by atoms with Gasteiger partial charge in [0.2, 0.25) is 0 Å². The summed E-state index contributed by atoms with van der Waals surface area (Å²) in [5.74, 6) is 0. The lowest BCUT2D eigenvalue weighted by molar-refractivity contribution is -0.131. The molecule has 0 bridgehead atoms. The molecule has 0 aromatic rings. The van der Waals surface area contributed by atoms with Crippen LogP contribution in [0.3, 0.4) is 0 Å². The van der Waals surface area contributed by atoms with Crippen molar-refractivity contribution < 1.29 is 20.1 Å². The Hall–Kier alpha value is -0.460. The minimum absolute atomic E-state index is 0.00563. The first-order chi connectivity index (χ1) is 12.1. The predicted octanol–water partition coefficient (Wildman–Crippen LogP) is 3.26. The van der Waals surface area contributed by atoms with Gasteiger partial charge in [0, 0.05) is 0 Å². The van der Waals surface area contributed by atoms with E-state index in [2.05, 4.69) is 6.92 Å². The molecule has 0 aliphatic rings. The second-order valence-corrected chi connectivity index (χ2v) is 6.88. The van der Waals surface area contributed by atoms with Crippen LogP contribution in [-0.4, -0.2) is 47.0 Å². The standard InChI is InChI=1S/C20H41NO4/c1-2-3-4-5-6-7-8-9-10-11-12-13-14-15-19(23)18(21)17-25-20(24)16-22/h14-15,18-20,22-24H,2-13,16-17,21H2,1H3/b15-14+/t18-,19+,20-/m0/s1. The molecule has 0 aliphatic carbocycles. The van der Waals surface area contributed by atoms with Crippen molar-refractivity contribution in [3.05, 3.63) is 12.2 Å². The van der Waals surface area contributed by atoms with Gasteiger partial charge in [0.05, 0.1) is 25.4 Å². The van der Waals surface area contributed by atoms with Gasteiger partial charge in [0.1, 0.15) is 0 Å². The number of aliphatic hydroxyl groups excluding tert-OH is 3. The zero-order valence-electron chi connectivity index (χ0n) is 16.1. The molecule has 5 N–H and O–H groups in total. The Morgan fingerprint density at radius 3 is 1.92 bits per heavy atom. The van der Waals surface area contributed by atoms with Crippen LogP contribution in [0.1, 0.15) is 84.0 Å². The van der Waals surface area contributed by atoms with E-state index in [4.69, 9.17) is 20.7 Å². The molecule has 5 heteroatoms. The molecule has 0 aliphatic heterocycles. The lowest BCUT2D eigenvalue weighted by atomic mass is 10.0. The van der Waals surface area contributed by atoms with Gasteiger partial charge in [0.25, 0.3) is 0 Å². The fourth-order valence-corrected chi connectivity index (χ4v) is 2.68. The van der Waals surface area contributed by atoms with Gasteiger partial charge < -0.3 is 25.8 Å². The van der Waals surface area contributed by atoms with E-state index < -0.39 is 25.0 Å². The first-order valence-corrected chi connectivity index (χ1v) is 10.1. The van der Waals surface area contributed by atoms with Crippen molar-refractivity contribution in [3.8, 4) is 0 Å². The quantitative estimate of drug-likeness (QED) is 0.171. The summed E-state index contributed by atoms with van der Waals surface area (Å²) in [7, 11) is 0. The molecular formula is C20H41NO4. The van der Waals surface area contributed by atoms with Crippen LogP contribution in [0.2, 0.25) is 0 Å². The van der Waals surface area contributed by atoms with Gasteiger partial charge in [-0.25, -0.2) is 0 Å². The summed E-state index contributed by atoms with van der Waals surface area (Å²) < 4.78 is 4.88. The SMILES string of the molecule is CCCCCCCCCCCCC/C=C/[C@@H](O)[C@@H](N)CO[C@H](O)CO. The average molecular weight is 360 g/mol. The van der Waals surface area contributed by atoms with Crippen molar-refractivity contribution in [1.82, 2.24) is 0 Å². The van der Waals surface area contributed by atoms with Gasteiger partial charge in [0.15, 0.2) is 6.29 Å². The summed E-state index contributed by atoms with van der Waals surface area (Å²) >= 11 is 0. The fourth-order valence-electron chi connectivity index (χ4n) is 2.68. The van der Waals surface area contributed by atoms with Gasteiger partial charge in [-0.2, -0.15) is 0 Å². The number of unbranched alkanes of at least 4 members (excludes halogenated alkanes) is 11. The predicted molar refractivity (Wildman–Crippen MR) is 103 cm³/mol. The topological polar surface area (TPSA) is 95.9 Å². The number of rotatable bonds is 18. The Bertz CT molecular complexity index is 299. The lowest BCUT2D eigenvalue weighted by Crippen LogP contribution is -2.39. The van der Waals surface area contributed by atoms with E-state index in [1.165, 1.54) is 64.2 Å². The van der Waals surface area contributed by atoms with E-state index in [0.29, 0.717) is 0 Å². The maximum atomic E-state index is 9.84. The number of allylic oxidation sites excluding steroid dienone is 1. The summed E-state index contributed by atoms with van der Waals surface area (Å²) in [6, 6.07) is -0.602. The molecule has 0 fully saturated rings. The molecule has 0 saturated carbocycles. The Kier molecular flexibility index (Phi) is 18.0. The normalized spacial score (nSPS) is 15.6. The van der Waals surface area contributed by atoms with Crippen LogP contribution in [0, 0.1) is 0 Å². The molecule has 3 atom stereocenters. The van der Waals surface area contributed by atoms with E-state index in [1.54, 1.807) is 6.08 Å². The van der Waals surface area contributed by atoms with E-state index in [0.717, 1.165) is 12.8 Å². The largest absolute Gasteiger partial charge is 0.391 e. The second kappa shape index (κ2) is 18.3. The summed E-state index contributed by atoms with van der Waals surface area (Å²) in [4.78, 5) is 0. The van der Waals surface area contributed by atoms with Gasteiger partial charge in [-0.15, -0.1) is 0 Å².